The van der Waals surface area contributed by atoms with Gasteiger partial charge in [-0.25, -0.2) is 0 Å². The van der Waals surface area contributed by atoms with Gasteiger partial charge in [0.1, 0.15) is 0 Å². The van der Waals surface area contributed by atoms with E-state index in [-0.39, 0.29) is 5.91 Å². The zero-order valence-corrected chi connectivity index (χ0v) is 8.58. The largest absolute Gasteiger partial charge is 0.324 e. The van der Waals surface area contributed by atoms with Gasteiger partial charge in [-0.2, -0.15) is 5.10 Å². The summed E-state index contributed by atoms with van der Waals surface area (Å²) in [4.78, 5) is 11.4. The number of benzene rings is 1. The minimum absolute atomic E-state index is 0.0413. The summed E-state index contributed by atoms with van der Waals surface area (Å²) in [5.41, 5.74) is 1.67. The molecule has 2 N–H and O–H groups in total. The molecule has 0 aliphatic heterocycles. The molecule has 0 bridgehead atoms. The topological polar surface area (TPSA) is 57.8 Å². The second-order valence-electron chi connectivity index (χ2n) is 3.44. The van der Waals surface area contributed by atoms with Gasteiger partial charge in [-0.15, -0.1) is 0 Å². The van der Waals surface area contributed by atoms with Crippen molar-refractivity contribution in [2.75, 3.05) is 5.32 Å². The summed E-state index contributed by atoms with van der Waals surface area (Å²) < 4.78 is 0. The predicted octanol–water partition coefficient (Wildman–Crippen LogP) is 2.30. The van der Waals surface area contributed by atoms with Crippen LogP contribution < -0.4 is 5.32 Å². The molecule has 2 rings (SSSR count). The van der Waals surface area contributed by atoms with Gasteiger partial charge >= 0.3 is 0 Å². The van der Waals surface area contributed by atoms with E-state index < -0.39 is 0 Å². The van der Waals surface area contributed by atoms with Gasteiger partial charge in [0.25, 0.3) is 0 Å². The number of H-pyrrole nitrogens is 1. The van der Waals surface area contributed by atoms with E-state index in [4.69, 9.17) is 0 Å². The van der Waals surface area contributed by atoms with Crippen LogP contribution in [0.25, 0.3) is 10.9 Å². The monoisotopic (exact) mass is 203 g/mol. The van der Waals surface area contributed by atoms with E-state index in [2.05, 4.69) is 15.5 Å². The van der Waals surface area contributed by atoms with Gasteiger partial charge in [0.05, 0.1) is 17.4 Å². The summed E-state index contributed by atoms with van der Waals surface area (Å²) in [5, 5.41) is 10.7. The van der Waals surface area contributed by atoms with E-state index in [9.17, 15) is 4.79 Å². The number of nitrogens with one attached hydrogen (secondary N) is 2. The summed E-state index contributed by atoms with van der Waals surface area (Å²) in [5.74, 6) is 0.0413. The fourth-order valence-corrected chi connectivity index (χ4v) is 1.51. The fourth-order valence-electron chi connectivity index (χ4n) is 1.51. The van der Waals surface area contributed by atoms with Crippen molar-refractivity contribution in [2.24, 2.45) is 0 Å². The van der Waals surface area contributed by atoms with Crippen LogP contribution >= 0.6 is 0 Å². The van der Waals surface area contributed by atoms with Gasteiger partial charge in [0, 0.05) is 11.8 Å². The molecule has 1 aromatic carbocycles. The highest BCUT2D eigenvalue weighted by molar-refractivity contribution is 5.99. The fraction of sp³-hybridized carbons (Fsp3) is 0.273. The number of anilines is 1. The van der Waals surface area contributed by atoms with E-state index >= 15 is 0 Å². The molecular weight excluding hydrogens is 190 g/mol. The molecule has 78 valence electrons. The number of carbonyl (C=O) groups is 1. The quantitative estimate of drug-likeness (QED) is 0.804. The van der Waals surface area contributed by atoms with E-state index in [1.807, 2.05) is 25.1 Å². The first-order chi connectivity index (χ1) is 7.31. The molecule has 0 saturated heterocycles. The maximum atomic E-state index is 11.4. The third kappa shape index (κ3) is 1.98. The number of hydrogen-bond donors (Lipinski definition) is 2. The second kappa shape index (κ2) is 4.13. The van der Waals surface area contributed by atoms with Crippen molar-refractivity contribution in [1.82, 2.24) is 10.2 Å². The molecule has 4 nitrogen and oxygen atoms in total. The molecule has 0 unspecified atom stereocenters. The molecule has 4 heteroatoms. The molecule has 0 fully saturated rings. The summed E-state index contributed by atoms with van der Waals surface area (Å²) in [7, 11) is 0. The number of amides is 1. The Morgan fingerprint density at radius 3 is 3.20 bits per heavy atom. The summed E-state index contributed by atoms with van der Waals surface area (Å²) in [6, 6.07) is 5.72. The molecule has 15 heavy (non-hydrogen) atoms. The first kappa shape index (κ1) is 9.71. The highest BCUT2D eigenvalue weighted by atomic mass is 16.1. The first-order valence-electron chi connectivity index (χ1n) is 5.03. The van der Waals surface area contributed by atoms with Crippen molar-refractivity contribution in [3.63, 3.8) is 0 Å². The lowest BCUT2D eigenvalue weighted by atomic mass is 10.2. The highest BCUT2D eigenvalue weighted by Gasteiger charge is 2.05. The molecule has 1 aromatic heterocycles. The average molecular weight is 203 g/mol. The smallest absolute Gasteiger partial charge is 0.224 e. The normalized spacial score (nSPS) is 10.5. The van der Waals surface area contributed by atoms with Gasteiger partial charge in [0.15, 0.2) is 0 Å². The Kier molecular flexibility index (Phi) is 2.67. The Hall–Kier alpha value is -1.84. The van der Waals surface area contributed by atoms with Crippen LogP contribution in [0, 0.1) is 0 Å². The molecule has 0 spiro atoms. The van der Waals surface area contributed by atoms with Crippen molar-refractivity contribution in [3.05, 3.63) is 24.4 Å². The maximum absolute atomic E-state index is 11.4. The standard InChI is InChI=1S/C11H13N3O/c1-2-4-10(15)13-9-6-3-5-8-7-12-14-11(8)9/h3,5-7H,2,4H2,1H3,(H,12,14)(H,13,15). The van der Waals surface area contributed by atoms with E-state index in [1.165, 1.54) is 0 Å². The molecule has 1 heterocycles. The minimum Gasteiger partial charge on any atom is -0.324 e. The molecular formula is C11H13N3O. The predicted molar refractivity (Wildman–Crippen MR) is 59.6 cm³/mol. The van der Waals surface area contributed by atoms with Crippen LogP contribution in [0.1, 0.15) is 19.8 Å². The third-order valence-electron chi connectivity index (χ3n) is 2.23. The molecule has 2 aromatic rings. The number of rotatable bonds is 3. The van der Waals surface area contributed by atoms with Crippen molar-refractivity contribution < 1.29 is 4.79 Å². The lowest BCUT2D eigenvalue weighted by molar-refractivity contribution is -0.116. The van der Waals surface area contributed by atoms with E-state index in [0.717, 1.165) is 23.0 Å². The minimum atomic E-state index is 0.0413. The lowest BCUT2D eigenvalue weighted by Gasteiger charge is -2.04. The zero-order valence-electron chi connectivity index (χ0n) is 8.58. The summed E-state index contributed by atoms with van der Waals surface area (Å²) >= 11 is 0. The van der Waals surface area contributed by atoms with Crippen molar-refractivity contribution >= 4 is 22.5 Å². The van der Waals surface area contributed by atoms with Crippen molar-refractivity contribution in [3.8, 4) is 0 Å². The maximum Gasteiger partial charge on any atom is 0.224 e. The van der Waals surface area contributed by atoms with Crippen LogP contribution in [0.15, 0.2) is 24.4 Å². The summed E-state index contributed by atoms with van der Waals surface area (Å²) in [6.45, 7) is 1.98. The average Bonchev–Trinajstić information content (AvgIpc) is 2.67. The van der Waals surface area contributed by atoms with Gasteiger partial charge in [0.2, 0.25) is 5.91 Å². The van der Waals surface area contributed by atoms with Crippen LogP contribution in [0.5, 0.6) is 0 Å². The highest BCUT2D eigenvalue weighted by Crippen LogP contribution is 2.20. The number of carbonyl (C=O) groups excluding carboxylic acids is 1. The third-order valence-corrected chi connectivity index (χ3v) is 2.23. The van der Waals surface area contributed by atoms with Crippen LogP contribution in [0.3, 0.4) is 0 Å². The molecule has 0 atom stereocenters. The summed E-state index contributed by atoms with van der Waals surface area (Å²) in [6.07, 6.45) is 3.14. The van der Waals surface area contributed by atoms with Crippen LogP contribution in [0.2, 0.25) is 0 Å². The Labute approximate surface area is 87.7 Å². The number of hydrogen-bond acceptors (Lipinski definition) is 2. The molecule has 1 amide bonds. The Morgan fingerprint density at radius 2 is 2.40 bits per heavy atom. The van der Waals surface area contributed by atoms with Gasteiger partial charge in [-0.3, -0.25) is 9.89 Å². The van der Waals surface area contributed by atoms with Crippen molar-refractivity contribution in [1.29, 1.82) is 0 Å². The molecule has 0 aliphatic carbocycles. The molecule has 0 aliphatic rings. The Morgan fingerprint density at radius 1 is 1.53 bits per heavy atom. The van der Waals surface area contributed by atoms with Gasteiger partial charge in [-0.1, -0.05) is 19.1 Å². The Bertz CT molecular complexity index is 475. The van der Waals surface area contributed by atoms with E-state index in [0.29, 0.717) is 6.42 Å². The van der Waals surface area contributed by atoms with Crippen LogP contribution in [0.4, 0.5) is 5.69 Å². The first-order valence-corrected chi connectivity index (χ1v) is 5.03. The molecule has 0 saturated carbocycles. The lowest BCUT2D eigenvalue weighted by Crippen LogP contribution is -2.10. The number of aromatic amines is 1. The van der Waals surface area contributed by atoms with Crippen LogP contribution in [-0.4, -0.2) is 16.1 Å². The number of para-hydroxylation sites is 1. The molecule has 0 radical (unpaired) electrons. The van der Waals surface area contributed by atoms with Gasteiger partial charge < -0.3 is 5.32 Å². The SMILES string of the molecule is CCCC(=O)Nc1cccc2cn[nH]c12. The second-order valence-corrected chi connectivity index (χ2v) is 3.44. The number of nitrogens with zero attached hydrogens (tertiary/aromatic N) is 1. The Balaban J connectivity index is 2.27. The van der Waals surface area contributed by atoms with E-state index in [1.54, 1.807) is 6.20 Å². The van der Waals surface area contributed by atoms with Crippen molar-refractivity contribution in [2.45, 2.75) is 19.8 Å². The van der Waals surface area contributed by atoms with Gasteiger partial charge in [-0.05, 0) is 12.5 Å². The van der Waals surface area contributed by atoms with Crippen LogP contribution in [-0.2, 0) is 4.79 Å². The number of aromatic nitrogens is 2. The number of fused-ring (bicyclic) bond motifs is 1. The zero-order chi connectivity index (χ0) is 10.7.